The molecule has 0 radical (unpaired) electrons. The number of morpholine rings is 1. The van der Waals surface area contributed by atoms with Crippen LogP contribution in [0.1, 0.15) is 50.5 Å². The molecule has 32 heavy (non-hydrogen) atoms. The molecule has 4 rings (SSSR count). The van der Waals surface area contributed by atoms with Gasteiger partial charge in [-0.25, -0.2) is 4.39 Å². The number of halogens is 1. The van der Waals surface area contributed by atoms with Crippen molar-refractivity contribution in [1.82, 2.24) is 15.1 Å². The van der Waals surface area contributed by atoms with Crippen molar-refractivity contribution in [3.8, 4) is 0 Å². The second kappa shape index (κ2) is 10.1. The molecule has 2 heterocycles. The number of rotatable bonds is 7. The van der Waals surface area contributed by atoms with E-state index in [-0.39, 0.29) is 47.7 Å². The molecule has 2 unspecified atom stereocenters. The first kappa shape index (κ1) is 22.3. The Hall–Kier alpha value is -2.90. The van der Waals surface area contributed by atoms with Crippen LogP contribution in [0.5, 0.6) is 0 Å². The second-order valence-electron chi connectivity index (χ2n) is 8.66. The third kappa shape index (κ3) is 5.11. The SMILES string of the molecule is O=C(CN1C(=O)/C(=C/c2ccccc2F)OC2CCCCC21)NCCCN1CCCC1=O. The topological polar surface area (TPSA) is 79.0 Å². The van der Waals surface area contributed by atoms with Gasteiger partial charge in [0.15, 0.2) is 5.76 Å². The smallest absolute Gasteiger partial charge is 0.289 e. The molecule has 3 fully saturated rings. The fourth-order valence-corrected chi connectivity index (χ4v) is 4.74. The van der Waals surface area contributed by atoms with Crippen LogP contribution in [0.15, 0.2) is 30.0 Å². The molecule has 2 saturated heterocycles. The number of nitrogens with one attached hydrogen (secondary N) is 1. The number of hydrogen-bond donors (Lipinski definition) is 1. The van der Waals surface area contributed by atoms with Gasteiger partial charge in [0.05, 0.1) is 6.04 Å². The molecule has 1 aliphatic carbocycles. The zero-order valence-electron chi connectivity index (χ0n) is 18.2. The number of nitrogens with zero attached hydrogens (tertiary/aromatic N) is 2. The molecule has 1 saturated carbocycles. The van der Waals surface area contributed by atoms with Gasteiger partial charge in [0.25, 0.3) is 5.91 Å². The summed E-state index contributed by atoms with van der Waals surface area (Å²) in [5, 5.41) is 2.87. The lowest BCUT2D eigenvalue weighted by atomic mass is 9.89. The van der Waals surface area contributed by atoms with E-state index in [0.29, 0.717) is 25.9 Å². The summed E-state index contributed by atoms with van der Waals surface area (Å²) in [6.45, 7) is 1.82. The fourth-order valence-electron chi connectivity index (χ4n) is 4.74. The summed E-state index contributed by atoms with van der Waals surface area (Å²) in [7, 11) is 0. The zero-order valence-corrected chi connectivity index (χ0v) is 18.2. The number of fused-ring (bicyclic) bond motifs is 1. The normalized spacial score (nSPS) is 24.5. The van der Waals surface area contributed by atoms with E-state index in [1.54, 1.807) is 23.1 Å². The van der Waals surface area contributed by atoms with Gasteiger partial charge in [0, 0.05) is 31.6 Å². The molecular weight excluding hydrogens is 413 g/mol. The number of carbonyl (C=O) groups is 3. The first-order valence-electron chi connectivity index (χ1n) is 11.5. The zero-order chi connectivity index (χ0) is 22.5. The van der Waals surface area contributed by atoms with Gasteiger partial charge in [-0.3, -0.25) is 14.4 Å². The van der Waals surface area contributed by atoms with Crippen molar-refractivity contribution < 1.29 is 23.5 Å². The summed E-state index contributed by atoms with van der Waals surface area (Å²) in [5.41, 5.74) is 0.283. The highest BCUT2D eigenvalue weighted by Crippen LogP contribution is 2.33. The molecule has 0 bridgehead atoms. The molecule has 2 aliphatic heterocycles. The second-order valence-corrected chi connectivity index (χ2v) is 8.66. The predicted octanol–water partition coefficient (Wildman–Crippen LogP) is 2.47. The van der Waals surface area contributed by atoms with Gasteiger partial charge in [-0.1, -0.05) is 24.6 Å². The van der Waals surface area contributed by atoms with Crippen LogP contribution in [0.4, 0.5) is 4.39 Å². The van der Waals surface area contributed by atoms with Crippen molar-refractivity contribution in [2.75, 3.05) is 26.2 Å². The molecule has 1 aromatic rings. The quantitative estimate of drug-likeness (QED) is 0.519. The lowest BCUT2D eigenvalue weighted by Crippen LogP contribution is -2.57. The van der Waals surface area contributed by atoms with Crippen molar-refractivity contribution in [3.63, 3.8) is 0 Å². The summed E-state index contributed by atoms with van der Waals surface area (Å²) in [6, 6.07) is 6.07. The highest BCUT2D eigenvalue weighted by molar-refractivity contribution is 5.98. The molecule has 8 heteroatoms. The lowest BCUT2D eigenvalue weighted by Gasteiger charge is -2.44. The number of benzene rings is 1. The van der Waals surface area contributed by atoms with Gasteiger partial charge >= 0.3 is 0 Å². The molecule has 0 aromatic heterocycles. The van der Waals surface area contributed by atoms with E-state index in [2.05, 4.69) is 5.32 Å². The molecule has 7 nitrogen and oxygen atoms in total. The Kier molecular flexibility index (Phi) is 7.07. The van der Waals surface area contributed by atoms with Gasteiger partial charge in [-0.15, -0.1) is 0 Å². The third-order valence-electron chi connectivity index (χ3n) is 6.42. The van der Waals surface area contributed by atoms with E-state index in [0.717, 1.165) is 38.6 Å². The molecule has 3 aliphatic rings. The van der Waals surface area contributed by atoms with E-state index in [4.69, 9.17) is 4.74 Å². The minimum Gasteiger partial charge on any atom is -0.482 e. The Balaban J connectivity index is 1.38. The predicted molar refractivity (Wildman–Crippen MR) is 117 cm³/mol. The van der Waals surface area contributed by atoms with Crippen molar-refractivity contribution in [1.29, 1.82) is 0 Å². The van der Waals surface area contributed by atoms with Crippen LogP contribution in [0.3, 0.4) is 0 Å². The maximum Gasteiger partial charge on any atom is 0.289 e. The first-order valence-corrected chi connectivity index (χ1v) is 11.5. The highest BCUT2D eigenvalue weighted by Gasteiger charge is 2.42. The minimum atomic E-state index is -0.428. The number of amides is 3. The molecular formula is C24H30FN3O4. The third-order valence-corrected chi connectivity index (χ3v) is 6.42. The van der Waals surface area contributed by atoms with Gasteiger partial charge in [-0.05, 0) is 44.2 Å². The first-order chi connectivity index (χ1) is 15.5. The number of hydrogen-bond acceptors (Lipinski definition) is 4. The van der Waals surface area contributed by atoms with Crippen molar-refractivity contribution in [2.24, 2.45) is 0 Å². The van der Waals surface area contributed by atoms with Crippen LogP contribution in [0.25, 0.3) is 6.08 Å². The summed E-state index contributed by atoms with van der Waals surface area (Å²) >= 11 is 0. The molecule has 2 atom stereocenters. The van der Waals surface area contributed by atoms with Crippen LogP contribution in [0, 0.1) is 5.82 Å². The summed E-state index contributed by atoms with van der Waals surface area (Å²) in [6.07, 6.45) is 6.99. The Morgan fingerprint density at radius 2 is 2.00 bits per heavy atom. The summed E-state index contributed by atoms with van der Waals surface area (Å²) in [4.78, 5) is 40.8. The average molecular weight is 444 g/mol. The largest absolute Gasteiger partial charge is 0.482 e. The van der Waals surface area contributed by atoms with E-state index in [1.807, 2.05) is 4.90 Å². The Labute approximate surface area is 187 Å². The molecule has 1 aromatic carbocycles. The summed E-state index contributed by atoms with van der Waals surface area (Å²) in [5.74, 6) is -0.786. The van der Waals surface area contributed by atoms with E-state index >= 15 is 0 Å². The average Bonchev–Trinajstić information content (AvgIpc) is 3.20. The Bertz CT molecular complexity index is 903. The Morgan fingerprint density at radius 3 is 2.78 bits per heavy atom. The van der Waals surface area contributed by atoms with E-state index < -0.39 is 5.82 Å². The minimum absolute atomic E-state index is 0.0549. The molecule has 0 spiro atoms. The van der Waals surface area contributed by atoms with Crippen LogP contribution >= 0.6 is 0 Å². The lowest BCUT2D eigenvalue weighted by molar-refractivity contribution is -0.151. The monoisotopic (exact) mass is 443 g/mol. The van der Waals surface area contributed by atoms with Crippen LogP contribution in [-0.4, -0.2) is 65.8 Å². The standard InChI is InChI=1S/C24H30FN3O4/c25-18-8-2-1-7-17(18)15-21-24(31)28(19-9-3-4-10-20(19)32-21)16-22(29)26-12-6-14-27-13-5-11-23(27)30/h1-2,7-8,15,19-20H,3-6,9-14,16H2,(H,26,29)/b21-15-. The van der Waals surface area contributed by atoms with Crippen molar-refractivity contribution in [2.45, 2.75) is 57.1 Å². The van der Waals surface area contributed by atoms with Crippen molar-refractivity contribution in [3.05, 3.63) is 41.4 Å². The maximum atomic E-state index is 14.1. The highest BCUT2D eigenvalue weighted by atomic mass is 19.1. The van der Waals surface area contributed by atoms with E-state index in [1.165, 1.54) is 12.1 Å². The number of ether oxygens (including phenoxy) is 1. The van der Waals surface area contributed by atoms with Crippen LogP contribution < -0.4 is 5.32 Å². The van der Waals surface area contributed by atoms with Gasteiger partial charge in [-0.2, -0.15) is 0 Å². The Morgan fingerprint density at radius 1 is 1.19 bits per heavy atom. The van der Waals surface area contributed by atoms with Crippen molar-refractivity contribution >= 4 is 23.8 Å². The fraction of sp³-hybridized carbons (Fsp3) is 0.542. The van der Waals surface area contributed by atoms with Gasteiger partial charge in [0.1, 0.15) is 18.5 Å². The number of likely N-dealkylation sites (tertiary alicyclic amines) is 1. The van der Waals surface area contributed by atoms with Crippen LogP contribution in [-0.2, 0) is 19.1 Å². The van der Waals surface area contributed by atoms with Crippen LogP contribution in [0.2, 0.25) is 0 Å². The van der Waals surface area contributed by atoms with E-state index in [9.17, 15) is 18.8 Å². The summed E-state index contributed by atoms with van der Waals surface area (Å²) < 4.78 is 20.1. The molecule has 3 amide bonds. The van der Waals surface area contributed by atoms with Gasteiger partial charge < -0.3 is 19.9 Å². The molecule has 1 N–H and O–H groups in total. The van der Waals surface area contributed by atoms with Gasteiger partial charge in [0.2, 0.25) is 11.8 Å². The molecule has 172 valence electrons. The maximum absolute atomic E-state index is 14.1. The number of carbonyl (C=O) groups excluding carboxylic acids is 3.